The number of hydrogen-bond acceptors (Lipinski definition) is 3. The van der Waals surface area contributed by atoms with Crippen molar-refractivity contribution in [3.63, 3.8) is 0 Å². The maximum atomic E-state index is 14.0. The van der Waals surface area contributed by atoms with Crippen molar-refractivity contribution in [2.75, 3.05) is 0 Å². The van der Waals surface area contributed by atoms with Gasteiger partial charge in [0, 0.05) is 5.56 Å². The van der Waals surface area contributed by atoms with Crippen molar-refractivity contribution in [3.8, 4) is 0 Å². The molecule has 0 saturated heterocycles. The third kappa shape index (κ3) is 6.46. The Balaban J connectivity index is 0.00000342. The van der Waals surface area contributed by atoms with Gasteiger partial charge >= 0.3 is 78.6 Å². The minimum absolute atomic E-state index is 0. The third-order valence-corrected chi connectivity index (χ3v) is 6.38. The number of fused-ring (bicyclic) bond motifs is 1. The second-order valence-electron chi connectivity index (χ2n) is 7.64. The fourth-order valence-corrected chi connectivity index (χ4v) is 4.08. The van der Waals surface area contributed by atoms with Gasteiger partial charge in [-0.3, -0.25) is 4.57 Å². The summed E-state index contributed by atoms with van der Waals surface area (Å²) in [5.41, 5.74) is -3.85. The first-order chi connectivity index (χ1) is 15.9. The van der Waals surface area contributed by atoms with Crippen LogP contribution in [0.1, 0.15) is 31.1 Å². The molecular formula is C22H19F5N3Na2O3P. The Kier molecular flexibility index (Phi) is 10.1. The van der Waals surface area contributed by atoms with Gasteiger partial charge in [-0.25, -0.2) is 4.68 Å². The molecule has 36 heavy (non-hydrogen) atoms. The second kappa shape index (κ2) is 11.7. The Bertz CT molecular complexity index is 1370. The summed E-state index contributed by atoms with van der Waals surface area (Å²) >= 11 is 0. The molecule has 1 aromatic heterocycles. The molecule has 0 aliphatic rings. The molecule has 0 aliphatic carbocycles. The van der Waals surface area contributed by atoms with Gasteiger partial charge in [-0.1, -0.05) is 53.7 Å². The molecule has 1 heterocycles. The molecule has 6 nitrogen and oxygen atoms in total. The molecule has 0 bridgehead atoms. The fraction of sp³-hybridized carbons (Fsp3) is 0.182. The SMILES string of the molecule is O=P(O)(O)C(F)(F)c1ccc(CC(c2ccc(C(F)(F)F)cc2)n2nnc3ccccc32)cc1.[H-].[H-].[Na+].[Na+]. The quantitative estimate of drug-likeness (QED) is 0.198. The smallest absolute Gasteiger partial charge is 1.00 e. The fourth-order valence-electron chi connectivity index (χ4n) is 3.59. The van der Waals surface area contributed by atoms with E-state index >= 15 is 0 Å². The van der Waals surface area contributed by atoms with Gasteiger partial charge in [0.1, 0.15) is 5.52 Å². The molecule has 1 unspecified atom stereocenters. The van der Waals surface area contributed by atoms with Crippen molar-refractivity contribution in [1.29, 1.82) is 0 Å². The summed E-state index contributed by atoms with van der Waals surface area (Å²) in [7, 11) is -5.71. The normalized spacial score (nSPS) is 13.1. The number of halogens is 5. The van der Waals surface area contributed by atoms with Crippen molar-refractivity contribution < 1.29 is 98.3 Å². The van der Waals surface area contributed by atoms with E-state index in [0.717, 1.165) is 24.3 Å². The van der Waals surface area contributed by atoms with Crippen LogP contribution in [0.2, 0.25) is 0 Å². The summed E-state index contributed by atoms with van der Waals surface area (Å²) in [4.78, 5) is 17.9. The first kappa shape index (κ1) is 31.1. The largest absolute Gasteiger partial charge is 1.00 e. The Morgan fingerprint density at radius 1 is 0.861 bits per heavy atom. The van der Waals surface area contributed by atoms with E-state index < -0.39 is 36.6 Å². The number of benzene rings is 3. The first-order valence-electron chi connectivity index (χ1n) is 9.88. The van der Waals surface area contributed by atoms with E-state index in [1.807, 2.05) is 0 Å². The van der Waals surface area contributed by atoms with Gasteiger partial charge in [0.15, 0.2) is 0 Å². The summed E-state index contributed by atoms with van der Waals surface area (Å²) < 4.78 is 79.7. The van der Waals surface area contributed by atoms with Crippen molar-refractivity contribution in [2.24, 2.45) is 0 Å². The van der Waals surface area contributed by atoms with Gasteiger partial charge in [-0.05, 0) is 41.8 Å². The van der Waals surface area contributed by atoms with Crippen LogP contribution in [0.5, 0.6) is 0 Å². The van der Waals surface area contributed by atoms with E-state index in [2.05, 4.69) is 10.3 Å². The first-order valence-corrected chi connectivity index (χ1v) is 11.5. The molecule has 0 aliphatic heterocycles. The van der Waals surface area contributed by atoms with Crippen LogP contribution in [0.4, 0.5) is 22.0 Å². The second-order valence-corrected chi connectivity index (χ2v) is 9.29. The van der Waals surface area contributed by atoms with Gasteiger partial charge in [0.2, 0.25) is 0 Å². The molecule has 0 amide bonds. The van der Waals surface area contributed by atoms with Crippen LogP contribution in [0.15, 0.2) is 72.8 Å². The zero-order chi connectivity index (χ0) is 24.7. The van der Waals surface area contributed by atoms with E-state index in [0.29, 0.717) is 22.2 Å². The predicted octanol–water partition coefficient (Wildman–Crippen LogP) is -0.258. The number of aromatic nitrogens is 3. The van der Waals surface area contributed by atoms with Gasteiger partial charge in [-0.2, -0.15) is 22.0 Å². The average molecular weight is 545 g/mol. The number of hydrogen-bond donors (Lipinski definition) is 2. The Labute approximate surface area is 249 Å². The zero-order valence-electron chi connectivity index (χ0n) is 21.2. The molecule has 4 aromatic rings. The minimum Gasteiger partial charge on any atom is -1.00 e. The van der Waals surface area contributed by atoms with E-state index in [4.69, 9.17) is 9.79 Å². The van der Waals surface area contributed by atoms with Gasteiger partial charge in [0.25, 0.3) is 0 Å². The number of rotatable bonds is 6. The van der Waals surface area contributed by atoms with Crippen LogP contribution in [0.25, 0.3) is 11.0 Å². The summed E-state index contributed by atoms with van der Waals surface area (Å²) in [6.45, 7) is 0. The van der Waals surface area contributed by atoms with Crippen LogP contribution in [0.3, 0.4) is 0 Å². The molecule has 4 rings (SSSR count). The van der Waals surface area contributed by atoms with Gasteiger partial charge < -0.3 is 12.6 Å². The third-order valence-electron chi connectivity index (χ3n) is 5.39. The van der Waals surface area contributed by atoms with Crippen LogP contribution in [0, 0.1) is 0 Å². The zero-order valence-corrected chi connectivity index (χ0v) is 24.1. The molecule has 0 radical (unpaired) electrons. The molecule has 1 atom stereocenters. The number of para-hydroxylation sites is 1. The topological polar surface area (TPSA) is 88.2 Å². The summed E-state index contributed by atoms with van der Waals surface area (Å²) in [5.74, 6) is 0. The van der Waals surface area contributed by atoms with Crippen LogP contribution >= 0.6 is 7.60 Å². The van der Waals surface area contributed by atoms with Crippen molar-refractivity contribution in [2.45, 2.75) is 24.3 Å². The Morgan fingerprint density at radius 3 is 1.97 bits per heavy atom. The van der Waals surface area contributed by atoms with E-state index in [-0.39, 0.29) is 68.4 Å². The standard InChI is InChI=1S/C22H17F5N3O3P.2Na.2H/c23-21(24,25)16-11-7-15(8-12-16)20(30-19-4-2-1-3-18(19)28-29-30)13-14-5-9-17(10-6-14)22(26,27)34(31,32)33;;;;/h1-12,20H,13H2,(H2,31,32,33);;;;/q;2*+1;2*-1. The van der Waals surface area contributed by atoms with Crippen molar-refractivity contribution in [1.82, 2.24) is 15.0 Å². The summed E-state index contributed by atoms with van der Waals surface area (Å²) in [5, 5.41) is 8.23. The Morgan fingerprint density at radius 2 is 1.42 bits per heavy atom. The average Bonchev–Trinajstić information content (AvgIpc) is 3.20. The predicted molar refractivity (Wildman–Crippen MR) is 115 cm³/mol. The van der Waals surface area contributed by atoms with Crippen LogP contribution in [-0.2, 0) is 22.8 Å². The van der Waals surface area contributed by atoms with E-state index in [1.165, 1.54) is 28.9 Å². The van der Waals surface area contributed by atoms with Gasteiger partial charge in [-0.15, -0.1) is 5.10 Å². The minimum atomic E-state index is -5.71. The molecule has 182 valence electrons. The van der Waals surface area contributed by atoms with Gasteiger partial charge in [0.05, 0.1) is 17.1 Å². The molecule has 2 N–H and O–H groups in total. The van der Waals surface area contributed by atoms with Crippen LogP contribution in [-0.4, -0.2) is 24.8 Å². The maximum Gasteiger partial charge on any atom is 1.00 e. The van der Waals surface area contributed by atoms with E-state index in [1.54, 1.807) is 24.3 Å². The van der Waals surface area contributed by atoms with E-state index in [9.17, 15) is 26.5 Å². The number of alkyl halides is 5. The van der Waals surface area contributed by atoms with Crippen LogP contribution < -0.4 is 59.1 Å². The molecule has 3 aromatic carbocycles. The molecular weight excluding hydrogens is 526 g/mol. The Hall–Kier alpha value is -1.14. The monoisotopic (exact) mass is 545 g/mol. The molecule has 0 saturated carbocycles. The number of nitrogens with zero attached hydrogens (tertiary/aromatic N) is 3. The molecule has 0 fully saturated rings. The summed E-state index contributed by atoms with van der Waals surface area (Å²) in [6.07, 6.45) is -4.37. The molecule has 14 heteroatoms. The van der Waals surface area contributed by atoms with Crippen molar-refractivity contribution >= 4 is 18.6 Å². The maximum absolute atomic E-state index is 14.0. The molecule has 0 spiro atoms. The van der Waals surface area contributed by atoms with Crippen molar-refractivity contribution in [3.05, 3.63) is 95.1 Å². The summed E-state index contributed by atoms with van der Waals surface area (Å²) in [6, 6.07) is 15.3.